The maximum Gasteiger partial charge on any atom is 0.147 e. The summed E-state index contributed by atoms with van der Waals surface area (Å²) in [4.78, 5) is 0. The van der Waals surface area contributed by atoms with Gasteiger partial charge in [0, 0.05) is 21.5 Å². The van der Waals surface area contributed by atoms with E-state index in [4.69, 9.17) is 0 Å². The van der Waals surface area contributed by atoms with Gasteiger partial charge in [-0.3, -0.25) is 0 Å². The predicted molar refractivity (Wildman–Crippen MR) is 68.0 cm³/mol. The molecule has 1 N–H and O–H groups in total. The van der Waals surface area contributed by atoms with Crippen molar-refractivity contribution < 1.29 is 4.39 Å². The first-order valence-electron chi connectivity index (χ1n) is 4.98. The van der Waals surface area contributed by atoms with Crippen molar-refractivity contribution in [3.8, 4) is 0 Å². The molecule has 1 saturated heterocycles. The summed E-state index contributed by atoms with van der Waals surface area (Å²) in [6.07, 6.45) is 1.11. The van der Waals surface area contributed by atoms with Gasteiger partial charge in [0.25, 0.3) is 0 Å². The normalized spacial score (nSPS) is 25.5. The highest BCUT2D eigenvalue weighted by Crippen LogP contribution is 2.29. The summed E-state index contributed by atoms with van der Waals surface area (Å²) in [5.41, 5.74) is 0.609. The van der Waals surface area contributed by atoms with E-state index in [9.17, 15) is 4.39 Å². The molecule has 2 unspecified atom stereocenters. The number of rotatable bonds is 2. The number of benzene rings is 1. The molecule has 1 nitrogen and oxygen atoms in total. The molecule has 0 aliphatic carbocycles. The Kier molecular flexibility index (Phi) is 3.57. The Labute approximate surface area is 102 Å². The van der Waals surface area contributed by atoms with Crippen LogP contribution in [0.1, 0.15) is 13.3 Å². The minimum Gasteiger partial charge on any atom is -0.379 e. The summed E-state index contributed by atoms with van der Waals surface area (Å²) < 4.78 is 14.3. The minimum absolute atomic E-state index is 0.186. The Morgan fingerprint density at radius 2 is 2.33 bits per heavy atom. The maximum absolute atomic E-state index is 13.5. The summed E-state index contributed by atoms with van der Waals surface area (Å²) in [5, 5.41) is 3.93. The Morgan fingerprint density at radius 3 is 2.93 bits per heavy atom. The predicted octanol–water partition coefficient (Wildman–Crippen LogP) is 3.89. The van der Waals surface area contributed by atoms with Gasteiger partial charge in [-0.15, -0.1) is 0 Å². The number of hydrogen-bond donors (Lipinski definition) is 1. The molecule has 0 aromatic heterocycles. The fourth-order valence-electron chi connectivity index (χ4n) is 1.74. The Bertz CT molecular complexity index is 358. The molecule has 1 aliphatic heterocycles. The Balaban J connectivity index is 2.04. The molecule has 0 saturated carbocycles. The second-order valence-corrected chi connectivity index (χ2v) is 6.23. The highest BCUT2D eigenvalue weighted by atomic mass is 79.9. The minimum atomic E-state index is -0.186. The van der Waals surface area contributed by atoms with E-state index in [1.807, 2.05) is 17.8 Å². The van der Waals surface area contributed by atoms with Gasteiger partial charge in [-0.25, -0.2) is 4.39 Å². The fraction of sp³-hybridized carbons (Fsp3) is 0.455. The first-order chi connectivity index (χ1) is 7.15. The maximum atomic E-state index is 13.5. The topological polar surface area (TPSA) is 12.0 Å². The standard InChI is InChI=1S/C11H13BrFNS/c1-7-4-9(6-15-7)14-11-3-2-8(12)5-10(11)13/h2-3,5,7,9,14H,4,6H2,1H3. The van der Waals surface area contributed by atoms with Crippen molar-refractivity contribution >= 4 is 33.4 Å². The van der Waals surface area contributed by atoms with Crippen LogP contribution in [0.4, 0.5) is 10.1 Å². The van der Waals surface area contributed by atoms with Gasteiger partial charge in [-0.05, 0) is 24.6 Å². The molecule has 0 amide bonds. The number of thioether (sulfide) groups is 1. The van der Waals surface area contributed by atoms with E-state index in [1.165, 1.54) is 6.07 Å². The van der Waals surface area contributed by atoms with Crippen LogP contribution >= 0.6 is 27.7 Å². The summed E-state index contributed by atoms with van der Waals surface area (Å²) >= 11 is 5.19. The van der Waals surface area contributed by atoms with Crippen LogP contribution in [-0.4, -0.2) is 17.0 Å². The van der Waals surface area contributed by atoms with Gasteiger partial charge in [0.15, 0.2) is 0 Å². The molecule has 82 valence electrons. The molecule has 2 rings (SSSR count). The molecule has 1 aromatic carbocycles. The molecule has 1 heterocycles. The smallest absolute Gasteiger partial charge is 0.147 e. The van der Waals surface area contributed by atoms with E-state index in [2.05, 4.69) is 28.2 Å². The zero-order valence-electron chi connectivity index (χ0n) is 8.47. The Morgan fingerprint density at radius 1 is 1.53 bits per heavy atom. The molecular formula is C11H13BrFNS. The van der Waals surface area contributed by atoms with E-state index in [0.717, 1.165) is 16.6 Å². The van der Waals surface area contributed by atoms with Gasteiger partial charge in [0.05, 0.1) is 5.69 Å². The van der Waals surface area contributed by atoms with E-state index in [-0.39, 0.29) is 5.82 Å². The van der Waals surface area contributed by atoms with Gasteiger partial charge >= 0.3 is 0 Å². The SMILES string of the molecule is CC1CC(Nc2ccc(Br)cc2F)CS1. The third-order valence-electron chi connectivity index (χ3n) is 2.49. The van der Waals surface area contributed by atoms with Crippen molar-refractivity contribution in [2.24, 2.45) is 0 Å². The first-order valence-corrected chi connectivity index (χ1v) is 6.82. The highest BCUT2D eigenvalue weighted by molar-refractivity contribution is 9.10. The lowest BCUT2D eigenvalue weighted by Crippen LogP contribution is -2.19. The molecule has 0 radical (unpaired) electrons. The lowest BCUT2D eigenvalue weighted by molar-refractivity contribution is 0.624. The number of anilines is 1. The largest absolute Gasteiger partial charge is 0.379 e. The third-order valence-corrected chi connectivity index (χ3v) is 4.34. The van der Waals surface area contributed by atoms with Crippen LogP contribution in [-0.2, 0) is 0 Å². The van der Waals surface area contributed by atoms with Crippen molar-refractivity contribution in [1.29, 1.82) is 0 Å². The molecule has 1 fully saturated rings. The van der Waals surface area contributed by atoms with Crippen LogP contribution in [0.15, 0.2) is 22.7 Å². The zero-order valence-corrected chi connectivity index (χ0v) is 10.9. The van der Waals surface area contributed by atoms with Crippen molar-refractivity contribution in [2.45, 2.75) is 24.6 Å². The van der Waals surface area contributed by atoms with Crippen molar-refractivity contribution in [1.82, 2.24) is 0 Å². The highest BCUT2D eigenvalue weighted by Gasteiger charge is 2.22. The van der Waals surface area contributed by atoms with Crippen molar-refractivity contribution in [3.63, 3.8) is 0 Å². The summed E-state index contributed by atoms with van der Waals surface area (Å²) in [5.74, 6) is 0.880. The number of nitrogens with one attached hydrogen (secondary N) is 1. The van der Waals surface area contributed by atoms with Crippen molar-refractivity contribution in [2.75, 3.05) is 11.1 Å². The second-order valence-electron chi connectivity index (χ2n) is 3.85. The van der Waals surface area contributed by atoms with E-state index in [0.29, 0.717) is 17.0 Å². The van der Waals surface area contributed by atoms with Crippen LogP contribution < -0.4 is 5.32 Å². The van der Waals surface area contributed by atoms with Gasteiger partial charge in [0.2, 0.25) is 0 Å². The average Bonchev–Trinajstić information content (AvgIpc) is 2.56. The number of halogens is 2. The Hall–Kier alpha value is -0.220. The van der Waals surface area contributed by atoms with Crippen LogP contribution in [0.2, 0.25) is 0 Å². The van der Waals surface area contributed by atoms with E-state index < -0.39 is 0 Å². The molecule has 4 heteroatoms. The molecule has 1 aromatic rings. The van der Waals surface area contributed by atoms with Gasteiger partial charge in [-0.2, -0.15) is 11.8 Å². The molecular weight excluding hydrogens is 277 g/mol. The zero-order chi connectivity index (χ0) is 10.8. The van der Waals surface area contributed by atoms with Gasteiger partial charge in [0.1, 0.15) is 5.82 Å². The fourth-order valence-corrected chi connectivity index (χ4v) is 3.23. The second kappa shape index (κ2) is 4.74. The molecule has 0 spiro atoms. The molecule has 0 bridgehead atoms. The lowest BCUT2D eigenvalue weighted by atomic mass is 10.2. The third kappa shape index (κ3) is 2.88. The van der Waals surface area contributed by atoms with Crippen LogP contribution in [0, 0.1) is 5.82 Å². The molecule has 1 aliphatic rings. The van der Waals surface area contributed by atoms with Crippen LogP contribution in [0.3, 0.4) is 0 Å². The number of hydrogen-bond acceptors (Lipinski definition) is 2. The van der Waals surface area contributed by atoms with Crippen LogP contribution in [0.5, 0.6) is 0 Å². The molecule has 2 atom stereocenters. The summed E-state index contributed by atoms with van der Waals surface area (Å²) in [6, 6.07) is 5.54. The lowest BCUT2D eigenvalue weighted by Gasteiger charge is -2.13. The van der Waals surface area contributed by atoms with E-state index in [1.54, 1.807) is 6.07 Å². The summed E-state index contributed by atoms with van der Waals surface area (Å²) in [6.45, 7) is 2.21. The van der Waals surface area contributed by atoms with Crippen molar-refractivity contribution in [3.05, 3.63) is 28.5 Å². The quantitative estimate of drug-likeness (QED) is 0.886. The first kappa shape index (κ1) is 11.3. The van der Waals surface area contributed by atoms with E-state index >= 15 is 0 Å². The average molecular weight is 290 g/mol. The van der Waals surface area contributed by atoms with Gasteiger partial charge < -0.3 is 5.32 Å². The monoisotopic (exact) mass is 289 g/mol. The molecule has 15 heavy (non-hydrogen) atoms. The summed E-state index contributed by atoms with van der Waals surface area (Å²) in [7, 11) is 0. The van der Waals surface area contributed by atoms with Gasteiger partial charge in [-0.1, -0.05) is 22.9 Å². The van der Waals surface area contributed by atoms with Crippen LogP contribution in [0.25, 0.3) is 0 Å².